The van der Waals surface area contributed by atoms with Crippen LogP contribution in [-0.2, 0) is 6.42 Å². The van der Waals surface area contributed by atoms with E-state index in [-0.39, 0.29) is 16.5 Å². The van der Waals surface area contributed by atoms with Crippen LogP contribution in [0.4, 0.5) is 0 Å². The molecular formula is C25H40Cl2IN. The first-order valence-electron chi connectivity index (χ1n) is 11.3. The minimum atomic E-state index is 0. The number of hydrogen-bond donors (Lipinski definition) is 0. The average Bonchev–Trinajstić information content (AvgIpc) is 2.71. The number of quaternary nitrogens is 1. The Kier molecular flexibility index (Phi) is 17.7. The van der Waals surface area contributed by atoms with Crippen LogP contribution in [0, 0.1) is 12.3 Å². The van der Waals surface area contributed by atoms with E-state index in [1.54, 1.807) is 0 Å². The van der Waals surface area contributed by atoms with Crippen molar-refractivity contribution in [2.75, 3.05) is 19.6 Å². The number of terminal acetylenes is 1. The Labute approximate surface area is 205 Å². The third-order valence-corrected chi connectivity index (χ3v) is 7.58. The van der Waals surface area contributed by atoms with E-state index in [2.05, 4.69) is 54.5 Å². The summed E-state index contributed by atoms with van der Waals surface area (Å²) in [6.07, 6.45) is 20.3. The molecule has 0 radical (unpaired) electrons. The topological polar surface area (TPSA) is 0 Å². The maximum absolute atomic E-state index is 6.06. The summed E-state index contributed by atoms with van der Waals surface area (Å²) in [6, 6.07) is 8.34. The highest BCUT2D eigenvalue weighted by Crippen LogP contribution is 2.25. The fourth-order valence-electron chi connectivity index (χ4n) is 3.90. The fourth-order valence-corrected chi connectivity index (χ4v) is 4.86. The van der Waals surface area contributed by atoms with Crippen molar-refractivity contribution in [1.82, 2.24) is 0 Å². The summed E-state index contributed by atoms with van der Waals surface area (Å²) in [5.74, 6) is 3.09. The lowest BCUT2D eigenvalue weighted by Crippen LogP contribution is -3.00. The van der Waals surface area contributed by atoms with Crippen LogP contribution in [0.1, 0.15) is 83.6 Å². The van der Waals surface area contributed by atoms with E-state index >= 15 is 0 Å². The summed E-state index contributed by atoms with van der Waals surface area (Å²) in [5.41, 5.74) is 1.37. The molecule has 4 heteroatoms. The summed E-state index contributed by atoms with van der Waals surface area (Å²) < 4.78 is 1.32. The highest BCUT2D eigenvalue weighted by atomic mass is 127. The third kappa shape index (κ3) is 11.9. The van der Waals surface area contributed by atoms with Crippen LogP contribution < -0.4 is 12.4 Å². The summed E-state index contributed by atoms with van der Waals surface area (Å²) in [4.78, 5) is 0. The average molecular weight is 552 g/mol. The van der Waals surface area contributed by atoms with Crippen LogP contribution in [0.15, 0.2) is 24.3 Å². The summed E-state index contributed by atoms with van der Waals surface area (Å²) in [6.45, 7) is 8.11. The molecule has 1 aromatic carbocycles. The second kappa shape index (κ2) is 17.7. The second-order valence-corrected chi connectivity index (χ2v) is 9.71. The number of rotatable bonds is 16. The lowest BCUT2D eigenvalue weighted by atomic mass is 10.1. The van der Waals surface area contributed by atoms with Gasteiger partial charge in [-0.2, -0.15) is 0 Å². The first-order valence-corrected chi connectivity index (χ1v) is 12.9. The zero-order valence-corrected chi connectivity index (χ0v) is 22.1. The number of hydrogen-bond acceptors (Lipinski definition) is 0. The van der Waals surface area contributed by atoms with Gasteiger partial charge < -0.3 is 16.9 Å². The molecule has 0 saturated heterocycles. The van der Waals surface area contributed by atoms with Gasteiger partial charge in [0.05, 0.1) is 19.6 Å². The Balaban J connectivity index is 0.00000784. The number of alkyl halides is 1. The van der Waals surface area contributed by atoms with Crippen LogP contribution >= 0.6 is 34.2 Å². The minimum absolute atomic E-state index is 0. The van der Waals surface area contributed by atoms with Gasteiger partial charge in [0.15, 0.2) is 0 Å². The van der Waals surface area contributed by atoms with Gasteiger partial charge in [0, 0.05) is 34.0 Å². The summed E-state index contributed by atoms with van der Waals surface area (Å²) in [7, 11) is 0. The van der Waals surface area contributed by atoms with E-state index in [1.807, 2.05) is 12.1 Å². The number of nitrogens with zero attached hydrogens (tertiary/aromatic N) is 1. The molecule has 0 aliphatic carbocycles. The van der Waals surface area contributed by atoms with E-state index in [0.29, 0.717) is 0 Å². The molecule has 0 aromatic heterocycles. The normalized spacial score (nSPS) is 12.2. The van der Waals surface area contributed by atoms with Crippen molar-refractivity contribution in [3.8, 4) is 12.3 Å². The molecule has 166 valence electrons. The smallest absolute Gasteiger partial charge is 0.200 e. The van der Waals surface area contributed by atoms with E-state index in [9.17, 15) is 0 Å². The van der Waals surface area contributed by atoms with E-state index in [4.69, 9.17) is 18.0 Å². The second-order valence-electron chi connectivity index (χ2n) is 8.10. The molecule has 0 saturated carbocycles. The molecule has 0 spiro atoms. The van der Waals surface area contributed by atoms with Gasteiger partial charge in [-0.05, 0) is 49.3 Å². The highest BCUT2D eigenvalue weighted by Gasteiger charge is 2.33. The molecule has 1 nitrogen and oxygen atoms in total. The van der Waals surface area contributed by atoms with E-state index in [1.165, 1.54) is 82.9 Å². The Morgan fingerprint density at radius 1 is 0.862 bits per heavy atom. The van der Waals surface area contributed by atoms with Crippen molar-refractivity contribution in [3.05, 3.63) is 34.9 Å². The molecule has 0 amide bonds. The van der Waals surface area contributed by atoms with Crippen LogP contribution in [0.2, 0.25) is 5.02 Å². The number of unbranched alkanes of at least 4 members (excludes halogenated alkanes) is 8. The largest absolute Gasteiger partial charge is 1.00 e. The number of benzene rings is 1. The zero-order valence-electron chi connectivity index (χ0n) is 18.4. The molecule has 29 heavy (non-hydrogen) atoms. The molecular weight excluding hydrogens is 512 g/mol. The van der Waals surface area contributed by atoms with Crippen molar-refractivity contribution in [1.29, 1.82) is 0 Å². The molecule has 0 aliphatic rings. The molecule has 0 N–H and O–H groups in total. The van der Waals surface area contributed by atoms with Gasteiger partial charge in [-0.15, -0.1) is 6.42 Å². The molecule has 1 rings (SSSR count). The van der Waals surface area contributed by atoms with Crippen LogP contribution in [-0.4, -0.2) is 28.2 Å². The summed E-state index contributed by atoms with van der Waals surface area (Å²) >= 11 is 8.58. The van der Waals surface area contributed by atoms with Gasteiger partial charge in [0.25, 0.3) is 0 Å². The lowest BCUT2D eigenvalue weighted by molar-refractivity contribution is -0.927. The number of halogens is 3. The van der Waals surface area contributed by atoms with Gasteiger partial charge in [-0.25, -0.2) is 0 Å². The molecule has 0 heterocycles. The summed E-state index contributed by atoms with van der Waals surface area (Å²) in [5, 5.41) is 0.812. The fraction of sp³-hybridized carbons (Fsp3) is 0.680. The SMILES string of the molecule is C#CC(I)[N+](CCCCCCC)(CCCCCCC)CCc1ccc(Cl)cc1.[Cl-]. The molecule has 0 bridgehead atoms. The highest BCUT2D eigenvalue weighted by molar-refractivity contribution is 14.1. The Morgan fingerprint density at radius 2 is 1.34 bits per heavy atom. The molecule has 1 unspecified atom stereocenters. The zero-order chi connectivity index (χ0) is 20.7. The Morgan fingerprint density at radius 3 is 1.79 bits per heavy atom. The standard InChI is InChI=1S/C25H40ClIN.ClH/c1-4-7-9-11-13-20-28(25(27)6-3,21-14-12-10-8-5-2)22-19-23-15-17-24(26)18-16-23;/h3,15-18,25H,4-5,7-14,19-22H2,1-2H3;1H/q+1;/p-1. The Hall–Kier alpha value is 0.0500. The van der Waals surface area contributed by atoms with Crippen molar-refractivity contribution < 1.29 is 16.9 Å². The monoisotopic (exact) mass is 551 g/mol. The maximum Gasteiger partial charge on any atom is 0.200 e. The van der Waals surface area contributed by atoms with Gasteiger partial charge >= 0.3 is 0 Å². The van der Waals surface area contributed by atoms with E-state index in [0.717, 1.165) is 22.5 Å². The lowest BCUT2D eigenvalue weighted by Gasteiger charge is -2.41. The molecule has 0 aliphatic heterocycles. The molecule has 1 atom stereocenters. The quantitative estimate of drug-likeness (QED) is 0.0674. The van der Waals surface area contributed by atoms with Crippen molar-refractivity contribution in [3.63, 3.8) is 0 Å². The third-order valence-electron chi connectivity index (χ3n) is 5.79. The van der Waals surface area contributed by atoms with Crippen molar-refractivity contribution in [2.45, 2.75) is 88.5 Å². The van der Waals surface area contributed by atoms with Crippen LogP contribution in [0.5, 0.6) is 0 Å². The van der Waals surface area contributed by atoms with Crippen molar-refractivity contribution >= 4 is 34.2 Å². The first-order chi connectivity index (χ1) is 13.6. The molecule has 1 aromatic rings. The van der Waals surface area contributed by atoms with Gasteiger partial charge in [-0.3, -0.25) is 0 Å². The van der Waals surface area contributed by atoms with Gasteiger partial charge in [0.1, 0.15) is 0 Å². The van der Waals surface area contributed by atoms with Gasteiger partial charge in [0.2, 0.25) is 4.05 Å². The predicted octanol–water partition coefficient (Wildman–Crippen LogP) is 5.04. The first kappa shape index (κ1) is 29.1. The Bertz CT molecular complexity index is 539. The minimum Gasteiger partial charge on any atom is -1.00 e. The van der Waals surface area contributed by atoms with Crippen LogP contribution in [0.3, 0.4) is 0 Å². The predicted molar refractivity (Wildman–Crippen MR) is 134 cm³/mol. The van der Waals surface area contributed by atoms with Crippen LogP contribution in [0.25, 0.3) is 0 Å². The van der Waals surface area contributed by atoms with Gasteiger partial charge in [-0.1, -0.05) is 76.1 Å². The van der Waals surface area contributed by atoms with E-state index < -0.39 is 0 Å². The molecule has 0 fully saturated rings. The maximum atomic E-state index is 6.06. The van der Waals surface area contributed by atoms with Crippen molar-refractivity contribution in [2.24, 2.45) is 0 Å².